The van der Waals surface area contributed by atoms with Gasteiger partial charge in [-0.2, -0.15) is 7.05 Å². The van der Waals surface area contributed by atoms with Crippen LogP contribution in [0.15, 0.2) is 0 Å². The molecule has 0 aromatic rings. The average molecular weight is 286 g/mol. The molecule has 0 aliphatic rings. The fraction of sp³-hybridized carbons (Fsp3) is 0.800. The van der Waals surface area contributed by atoms with Crippen LogP contribution in [0.5, 0.6) is 0 Å². The summed E-state index contributed by atoms with van der Waals surface area (Å²) in [4.78, 5) is 9.50. The number of carbonyl (C=O) groups is 1. The van der Waals surface area contributed by atoms with Gasteiger partial charge in [0.1, 0.15) is 6.29 Å². The van der Waals surface area contributed by atoms with Crippen LogP contribution in [-0.4, -0.2) is 13.3 Å². The second-order valence-electron chi connectivity index (χ2n) is 1.38. The minimum absolute atomic E-state index is 0. The summed E-state index contributed by atoms with van der Waals surface area (Å²) in [5.41, 5.74) is 5.75. The van der Waals surface area contributed by atoms with Gasteiger partial charge < -0.3 is 10.5 Å². The number of rotatable bonds is 1. The molecular weight excluding hydrogens is 274 g/mol. The zero-order valence-electron chi connectivity index (χ0n) is 5.47. The molecule has 0 aromatic heterocycles. The van der Waals surface area contributed by atoms with E-state index in [1.807, 2.05) is 13.8 Å². The molecule has 3 heteroatoms. The maximum atomic E-state index is 9.50. The Morgan fingerprint density at radius 1 is 1.38 bits per heavy atom. The van der Waals surface area contributed by atoms with E-state index in [0.717, 1.165) is 6.29 Å². The van der Waals surface area contributed by atoms with E-state index in [2.05, 4.69) is 0 Å². The average Bonchev–Trinajstić information content (AvgIpc) is 1.73. The molecule has 0 aliphatic heterocycles. The van der Waals surface area contributed by atoms with Gasteiger partial charge in [0.2, 0.25) is 0 Å². The van der Waals surface area contributed by atoms with Gasteiger partial charge in [0.25, 0.3) is 0 Å². The largest absolute Gasteiger partial charge is 0.680 e. The van der Waals surface area contributed by atoms with Gasteiger partial charge in [-0.15, -0.1) is 0 Å². The first-order chi connectivity index (χ1) is 3.27. The molecule has 0 saturated carbocycles. The van der Waals surface area contributed by atoms with E-state index in [4.69, 9.17) is 5.73 Å². The fourth-order valence-corrected chi connectivity index (χ4v) is 0. The second-order valence-corrected chi connectivity index (χ2v) is 1.38. The first kappa shape index (κ1) is 15.8. The SMILES string of the molecule is CC(C)C=O.C[NH-].[W]. The molecule has 0 rings (SSSR count). The minimum atomic E-state index is 0. The van der Waals surface area contributed by atoms with E-state index in [9.17, 15) is 4.79 Å². The van der Waals surface area contributed by atoms with Crippen molar-refractivity contribution in [1.82, 2.24) is 0 Å². The van der Waals surface area contributed by atoms with Crippen LogP contribution in [0.25, 0.3) is 5.73 Å². The van der Waals surface area contributed by atoms with Crippen molar-refractivity contribution in [3.63, 3.8) is 0 Å². The Labute approximate surface area is 65.1 Å². The monoisotopic (exact) mass is 286 g/mol. The molecule has 0 spiro atoms. The molecule has 0 unspecified atom stereocenters. The van der Waals surface area contributed by atoms with Crippen LogP contribution >= 0.6 is 0 Å². The molecular formula is C5H12NOW-. The number of aldehydes is 1. The van der Waals surface area contributed by atoms with Crippen molar-refractivity contribution in [2.24, 2.45) is 5.92 Å². The second kappa shape index (κ2) is 15.7. The predicted molar refractivity (Wildman–Crippen MR) is 31.1 cm³/mol. The van der Waals surface area contributed by atoms with Gasteiger partial charge >= 0.3 is 0 Å². The van der Waals surface area contributed by atoms with Crippen LogP contribution in [0.1, 0.15) is 13.8 Å². The van der Waals surface area contributed by atoms with Crippen LogP contribution in [0.3, 0.4) is 0 Å². The maximum absolute atomic E-state index is 9.50. The third kappa shape index (κ3) is 33.3. The van der Waals surface area contributed by atoms with E-state index in [-0.39, 0.29) is 27.0 Å². The molecule has 50 valence electrons. The normalized spacial score (nSPS) is 6.12. The van der Waals surface area contributed by atoms with E-state index in [0.29, 0.717) is 0 Å². The summed E-state index contributed by atoms with van der Waals surface area (Å²) in [6, 6.07) is 0. The topological polar surface area (TPSA) is 40.9 Å². The minimum Gasteiger partial charge on any atom is -0.680 e. The summed E-state index contributed by atoms with van der Waals surface area (Å²) in [5, 5.41) is 0. The van der Waals surface area contributed by atoms with Crippen LogP contribution in [0.4, 0.5) is 0 Å². The third-order valence-corrected chi connectivity index (χ3v) is 0.272. The quantitative estimate of drug-likeness (QED) is 0.673. The Bertz CT molecular complexity index is 39.4. The van der Waals surface area contributed by atoms with Crippen molar-refractivity contribution in [3.05, 3.63) is 5.73 Å². The molecule has 0 bridgehead atoms. The number of hydrogen-bond acceptors (Lipinski definition) is 1. The van der Waals surface area contributed by atoms with Gasteiger partial charge in [-0.25, -0.2) is 0 Å². The predicted octanol–water partition coefficient (Wildman–Crippen LogP) is 1.51. The molecule has 0 heterocycles. The van der Waals surface area contributed by atoms with Gasteiger partial charge in [-0.1, -0.05) is 13.8 Å². The molecule has 8 heavy (non-hydrogen) atoms. The number of hydrogen-bond donors (Lipinski definition) is 0. The van der Waals surface area contributed by atoms with Crippen LogP contribution in [0, 0.1) is 5.92 Å². The Morgan fingerprint density at radius 2 is 1.50 bits per heavy atom. The van der Waals surface area contributed by atoms with Crippen molar-refractivity contribution in [2.45, 2.75) is 13.8 Å². The van der Waals surface area contributed by atoms with Crippen molar-refractivity contribution in [1.29, 1.82) is 0 Å². The van der Waals surface area contributed by atoms with Gasteiger partial charge in [0.15, 0.2) is 0 Å². The molecule has 0 amide bonds. The van der Waals surface area contributed by atoms with Gasteiger partial charge in [0, 0.05) is 27.0 Å². The maximum Gasteiger partial charge on any atom is 0.122 e. The van der Waals surface area contributed by atoms with E-state index in [1.54, 1.807) is 0 Å². The summed E-state index contributed by atoms with van der Waals surface area (Å²) < 4.78 is 0. The smallest absolute Gasteiger partial charge is 0.122 e. The molecule has 0 saturated heterocycles. The molecule has 0 aliphatic carbocycles. The first-order valence-electron chi connectivity index (χ1n) is 2.22. The Morgan fingerprint density at radius 3 is 1.50 bits per heavy atom. The van der Waals surface area contributed by atoms with Crippen molar-refractivity contribution in [2.75, 3.05) is 7.05 Å². The molecule has 2 nitrogen and oxygen atoms in total. The van der Waals surface area contributed by atoms with Gasteiger partial charge in [-0.3, -0.25) is 0 Å². The number of carbonyl (C=O) groups excluding carboxylic acids is 1. The summed E-state index contributed by atoms with van der Waals surface area (Å²) in [7, 11) is 1.25. The summed E-state index contributed by atoms with van der Waals surface area (Å²) in [5.74, 6) is 0.204. The van der Waals surface area contributed by atoms with E-state index in [1.165, 1.54) is 7.05 Å². The van der Waals surface area contributed by atoms with Crippen LogP contribution in [-0.2, 0) is 25.9 Å². The van der Waals surface area contributed by atoms with Crippen molar-refractivity contribution in [3.8, 4) is 0 Å². The molecule has 0 fully saturated rings. The molecule has 1 N–H and O–H groups in total. The van der Waals surface area contributed by atoms with Crippen LogP contribution < -0.4 is 0 Å². The molecule has 0 atom stereocenters. The first-order valence-corrected chi connectivity index (χ1v) is 2.22. The Kier molecular flexibility index (Phi) is 30.8. The Balaban J connectivity index is -0.0000000750. The van der Waals surface area contributed by atoms with Gasteiger partial charge in [-0.05, 0) is 0 Å². The zero-order chi connectivity index (χ0) is 6.28. The fourth-order valence-electron chi connectivity index (χ4n) is 0. The van der Waals surface area contributed by atoms with Crippen molar-refractivity contribution < 1.29 is 25.9 Å². The molecule has 0 radical (unpaired) electrons. The van der Waals surface area contributed by atoms with E-state index >= 15 is 0 Å². The molecule has 0 aromatic carbocycles. The van der Waals surface area contributed by atoms with Gasteiger partial charge in [0.05, 0.1) is 0 Å². The van der Waals surface area contributed by atoms with Crippen molar-refractivity contribution >= 4 is 6.29 Å². The van der Waals surface area contributed by atoms with E-state index < -0.39 is 0 Å². The summed E-state index contributed by atoms with van der Waals surface area (Å²) in [6.45, 7) is 3.71. The van der Waals surface area contributed by atoms with Crippen LogP contribution in [0.2, 0.25) is 0 Å². The third-order valence-electron chi connectivity index (χ3n) is 0.272. The Hall–Kier alpha value is 0.318. The standard InChI is InChI=1S/C4H8O.CH4N.W/c1-4(2)3-5;1-2;/h3-4H,1-2H3;2H,1H3;/q;-1;. The summed E-state index contributed by atoms with van der Waals surface area (Å²) in [6.07, 6.45) is 0.917. The summed E-state index contributed by atoms with van der Waals surface area (Å²) >= 11 is 0. The number of nitrogens with one attached hydrogen (secondary N) is 1. The zero-order valence-corrected chi connectivity index (χ0v) is 8.40.